The Morgan fingerprint density at radius 2 is 1.90 bits per heavy atom. The SMILES string of the molecule is CC(C(=O)O)N1CCN(C(=O)c2cccc(I)c2)CC1. The Bertz CT molecular complexity index is 513. The monoisotopic (exact) mass is 388 g/mol. The van der Waals surface area contributed by atoms with Gasteiger partial charge in [-0.1, -0.05) is 6.07 Å². The molecule has 0 bridgehead atoms. The molecule has 1 aromatic carbocycles. The number of halogens is 1. The summed E-state index contributed by atoms with van der Waals surface area (Å²) in [6.45, 7) is 4.02. The largest absolute Gasteiger partial charge is 0.480 e. The summed E-state index contributed by atoms with van der Waals surface area (Å²) >= 11 is 2.18. The highest BCUT2D eigenvalue weighted by molar-refractivity contribution is 14.1. The normalized spacial score (nSPS) is 17.8. The number of carbonyl (C=O) groups is 2. The van der Waals surface area contributed by atoms with Gasteiger partial charge in [0.15, 0.2) is 0 Å². The average molecular weight is 388 g/mol. The first-order chi connectivity index (χ1) is 9.49. The van der Waals surface area contributed by atoms with E-state index in [1.807, 2.05) is 29.2 Å². The molecule has 1 aliphatic rings. The Kier molecular flexibility index (Phi) is 4.98. The van der Waals surface area contributed by atoms with Gasteiger partial charge in [-0.15, -0.1) is 0 Å². The third-order valence-electron chi connectivity index (χ3n) is 3.58. The second kappa shape index (κ2) is 6.53. The average Bonchev–Trinajstić information content (AvgIpc) is 2.46. The molecule has 1 atom stereocenters. The zero-order chi connectivity index (χ0) is 14.7. The fourth-order valence-corrected chi connectivity index (χ4v) is 2.82. The second-order valence-corrected chi connectivity index (χ2v) is 6.10. The van der Waals surface area contributed by atoms with Crippen LogP contribution in [0, 0.1) is 3.57 Å². The molecular formula is C14H17IN2O3. The molecule has 1 heterocycles. The number of hydrogen-bond donors (Lipinski definition) is 1. The number of piperazine rings is 1. The van der Waals surface area contributed by atoms with Gasteiger partial charge in [0.25, 0.3) is 5.91 Å². The lowest BCUT2D eigenvalue weighted by molar-refractivity contribution is -0.143. The lowest BCUT2D eigenvalue weighted by atomic mass is 10.1. The fourth-order valence-electron chi connectivity index (χ4n) is 2.27. The van der Waals surface area contributed by atoms with Gasteiger partial charge in [-0.05, 0) is 47.7 Å². The number of hydrogen-bond acceptors (Lipinski definition) is 3. The van der Waals surface area contributed by atoms with Crippen molar-refractivity contribution in [2.75, 3.05) is 26.2 Å². The summed E-state index contributed by atoms with van der Waals surface area (Å²) in [6, 6.07) is 7.01. The smallest absolute Gasteiger partial charge is 0.320 e. The summed E-state index contributed by atoms with van der Waals surface area (Å²) in [5.41, 5.74) is 0.691. The van der Waals surface area contributed by atoms with Crippen LogP contribution in [0.15, 0.2) is 24.3 Å². The minimum atomic E-state index is -0.817. The van der Waals surface area contributed by atoms with Crippen LogP contribution in [0.4, 0.5) is 0 Å². The van der Waals surface area contributed by atoms with Gasteiger partial charge in [-0.3, -0.25) is 14.5 Å². The standard InChI is InChI=1S/C14H17IN2O3/c1-10(14(19)20)16-5-7-17(8-6-16)13(18)11-3-2-4-12(15)9-11/h2-4,9-10H,5-8H2,1H3,(H,19,20). The lowest BCUT2D eigenvalue weighted by Gasteiger charge is -2.36. The topological polar surface area (TPSA) is 60.9 Å². The lowest BCUT2D eigenvalue weighted by Crippen LogP contribution is -2.53. The molecule has 5 nitrogen and oxygen atoms in total. The van der Waals surface area contributed by atoms with E-state index in [4.69, 9.17) is 5.11 Å². The first-order valence-corrected chi connectivity index (χ1v) is 7.58. The summed E-state index contributed by atoms with van der Waals surface area (Å²) < 4.78 is 1.03. The van der Waals surface area contributed by atoms with E-state index in [2.05, 4.69) is 22.6 Å². The molecule has 1 aliphatic heterocycles. The van der Waals surface area contributed by atoms with Crippen molar-refractivity contribution in [2.24, 2.45) is 0 Å². The highest BCUT2D eigenvalue weighted by Crippen LogP contribution is 2.13. The van der Waals surface area contributed by atoms with Crippen molar-refractivity contribution in [1.82, 2.24) is 9.80 Å². The highest BCUT2D eigenvalue weighted by atomic mass is 127. The molecule has 1 aromatic rings. The van der Waals surface area contributed by atoms with Crippen LogP contribution in [-0.2, 0) is 4.79 Å². The van der Waals surface area contributed by atoms with E-state index in [-0.39, 0.29) is 5.91 Å². The quantitative estimate of drug-likeness (QED) is 0.798. The Hall–Kier alpha value is -1.15. The molecule has 1 amide bonds. The van der Waals surface area contributed by atoms with Crippen LogP contribution in [0.25, 0.3) is 0 Å². The van der Waals surface area contributed by atoms with E-state index in [1.54, 1.807) is 11.8 Å². The summed E-state index contributed by atoms with van der Waals surface area (Å²) in [5.74, 6) is -0.798. The van der Waals surface area contributed by atoms with E-state index in [9.17, 15) is 9.59 Å². The number of carbonyl (C=O) groups excluding carboxylic acids is 1. The van der Waals surface area contributed by atoms with Gasteiger partial charge in [0.05, 0.1) is 0 Å². The molecule has 1 N–H and O–H groups in total. The van der Waals surface area contributed by atoms with E-state index in [0.29, 0.717) is 31.7 Å². The highest BCUT2D eigenvalue weighted by Gasteiger charge is 2.27. The Balaban J connectivity index is 1.97. The molecule has 6 heteroatoms. The molecular weight excluding hydrogens is 371 g/mol. The van der Waals surface area contributed by atoms with Crippen LogP contribution in [0.1, 0.15) is 17.3 Å². The Morgan fingerprint density at radius 3 is 2.45 bits per heavy atom. The van der Waals surface area contributed by atoms with E-state index < -0.39 is 12.0 Å². The molecule has 0 spiro atoms. The van der Waals surface area contributed by atoms with Crippen LogP contribution in [0.2, 0.25) is 0 Å². The first kappa shape index (κ1) is 15.2. The molecule has 1 fully saturated rings. The zero-order valence-corrected chi connectivity index (χ0v) is 13.4. The minimum absolute atomic E-state index is 0.0196. The van der Waals surface area contributed by atoms with E-state index >= 15 is 0 Å². The number of rotatable bonds is 3. The third-order valence-corrected chi connectivity index (χ3v) is 4.25. The number of carboxylic acids is 1. The van der Waals surface area contributed by atoms with E-state index in [1.165, 1.54) is 0 Å². The number of carboxylic acid groups (broad SMARTS) is 1. The van der Waals surface area contributed by atoms with Crippen LogP contribution >= 0.6 is 22.6 Å². The number of nitrogens with zero attached hydrogens (tertiary/aromatic N) is 2. The van der Waals surface area contributed by atoms with Crippen molar-refractivity contribution in [3.8, 4) is 0 Å². The summed E-state index contributed by atoms with van der Waals surface area (Å²) in [6.07, 6.45) is 0. The van der Waals surface area contributed by atoms with Gasteiger partial charge < -0.3 is 10.0 Å². The molecule has 0 aliphatic carbocycles. The van der Waals surface area contributed by atoms with Crippen LogP contribution in [0.5, 0.6) is 0 Å². The maximum Gasteiger partial charge on any atom is 0.320 e. The number of amides is 1. The van der Waals surface area contributed by atoms with Gasteiger partial charge >= 0.3 is 5.97 Å². The van der Waals surface area contributed by atoms with Crippen molar-refractivity contribution in [3.05, 3.63) is 33.4 Å². The van der Waals surface area contributed by atoms with Gasteiger partial charge in [0, 0.05) is 35.3 Å². The number of benzene rings is 1. The summed E-state index contributed by atoms with van der Waals surface area (Å²) in [5, 5.41) is 8.99. The van der Waals surface area contributed by atoms with Crippen molar-refractivity contribution in [3.63, 3.8) is 0 Å². The molecule has 20 heavy (non-hydrogen) atoms. The molecule has 1 unspecified atom stereocenters. The zero-order valence-electron chi connectivity index (χ0n) is 11.3. The van der Waals surface area contributed by atoms with Crippen molar-refractivity contribution < 1.29 is 14.7 Å². The van der Waals surface area contributed by atoms with Crippen LogP contribution in [0.3, 0.4) is 0 Å². The molecule has 108 valence electrons. The maximum absolute atomic E-state index is 12.4. The van der Waals surface area contributed by atoms with E-state index in [0.717, 1.165) is 3.57 Å². The van der Waals surface area contributed by atoms with Crippen molar-refractivity contribution in [2.45, 2.75) is 13.0 Å². The summed E-state index contributed by atoms with van der Waals surface area (Å²) in [4.78, 5) is 27.0. The van der Waals surface area contributed by atoms with Crippen LogP contribution < -0.4 is 0 Å². The van der Waals surface area contributed by atoms with Gasteiger partial charge in [0.1, 0.15) is 6.04 Å². The molecule has 0 saturated carbocycles. The second-order valence-electron chi connectivity index (χ2n) is 4.85. The Labute approximate surface area is 131 Å². The molecule has 0 aromatic heterocycles. The number of aliphatic carboxylic acids is 1. The Morgan fingerprint density at radius 1 is 1.25 bits per heavy atom. The molecule has 1 saturated heterocycles. The minimum Gasteiger partial charge on any atom is -0.480 e. The predicted molar refractivity (Wildman–Crippen MR) is 83.7 cm³/mol. The van der Waals surface area contributed by atoms with Gasteiger partial charge in [0.2, 0.25) is 0 Å². The van der Waals surface area contributed by atoms with Crippen molar-refractivity contribution in [1.29, 1.82) is 0 Å². The van der Waals surface area contributed by atoms with Gasteiger partial charge in [-0.25, -0.2) is 0 Å². The first-order valence-electron chi connectivity index (χ1n) is 6.50. The maximum atomic E-state index is 12.4. The van der Waals surface area contributed by atoms with Gasteiger partial charge in [-0.2, -0.15) is 0 Å². The molecule has 2 rings (SSSR count). The van der Waals surface area contributed by atoms with Crippen molar-refractivity contribution >= 4 is 34.5 Å². The predicted octanol–water partition coefficient (Wildman–Crippen LogP) is 1.52. The molecule has 0 radical (unpaired) electrons. The fraction of sp³-hybridized carbons (Fsp3) is 0.429. The third kappa shape index (κ3) is 3.49. The van der Waals surface area contributed by atoms with Crippen LogP contribution in [-0.4, -0.2) is 59.0 Å². The summed E-state index contributed by atoms with van der Waals surface area (Å²) in [7, 11) is 0.